The largest absolute Gasteiger partial charge is 0.353 e. The molecule has 0 amide bonds. The van der Waals surface area contributed by atoms with E-state index in [0.29, 0.717) is 5.70 Å². The number of nitrogens with one attached hydrogen (secondary N) is 1. The Hall–Kier alpha value is -3.31. The van der Waals surface area contributed by atoms with E-state index < -0.39 is 10.0 Å². The molecule has 5 heteroatoms. The molecule has 0 bridgehead atoms. The lowest BCUT2D eigenvalue weighted by Gasteiger charge is -2.23. The van der Waals surface area contributed by atoms with E-state index in [0.717, 1.165) is 33.3 Å². The van der Waals surface area contributed by atoms with Crippen LogP contribution >= 0.6 is 0 Å². The number of para-hydroxylation sites is 1. The Morgan fingerprint density at radius 1 is 0.867 bits per heavy atom. The van der Waals surface area contributed by atoms with Gasteiger partial charge < -0.3 is 4.98 Å². The molecule has 0 saturated heterocycles. The number of benzene rings is 3. The molecule has 152 valence electrons. The molecule has 0 radical (unpaired) electrons. The van der Waals surface area contributed by atoms with E-state index in [1.807, 2.05) is 86.7 Å². The molecule has 4 aromatic rings. The van der Waals surface area contributed by atoms with Gasteiger partial charge in [-0.3, -0.25) is 4.31 Å². The predicted molar refractivity (Wildman–Crippen MR) is 123 cm³/mol. The van der Waals surface area contributed by atoms with Crippen LogP contribution in [-0.4, -0.2) is 24.8 Å². The number of H-pyrrole nitrogens is 1. The number of fused-ring (bicyclic) bond motifs is 1. The molecule has 30 heavy (non-hydrogen) atoms. The van der Waals surface area contributed by atoms with E-state index in [4.69, 9.17) is 0 Å². The van der Waals surface area contributed by atoms with Crippen LogP contribution in [0, 0.1) is 13.8 Å². The van der Waals surface area contributed by atoms with Crippen molar-refractivity contribution in [3.63, 3.8) is 0 Å². The van der Waals surface area contributed by atoms with Gasteiger partial charge in [0.1, 0.15) is 0 Å². The Kier molecular flexibility index (Phi) is 5.22. The van der Waals surface area contributed by atoms with Gasteiger partial charge in [0.05, 0.1) is 16.3 Å². The molecule has 1 N–H and O–H groups in total. The van der Waals surface area contributed by atoms with Crippen molar-refractivity contribution in [3.05, 3.63) is 101 Å². The topological polar surface area (TPSA) is 53.2 Å². The summed E-state index contributed by atoms with van der Waals surface area (Å²) in [5, 5.41) is 1.08. The third-order valence-electron chi connectivity index (χ3n) is 5.34. The number of aryl methyl sites for hydroxylation is 2. The molecule has 0 aliphatic heterocycles. The maximum Gasteiger partial charge on any atom is 0.264 e. The van der Waals surface area contributed by atoms with Gasteiger partial charge in [-0.25, -0.2) is 8.42 Å². The molecule has 0 saturated carbocycles. The van der Waals surface area contributed by atoms with Crippen molar-refractivity contribution in [3.8, 4) is 0 Å². The highest BCUT2D eigenvalue weighted by atomic mass is 32.2. The van der Waals surface area contributed by atoms with Gasteiger partial charge in [0.25, 0.3) is 10.0 Å². The van der Waals surface area contributed by atoms with Crippen LogP contribution in [-0.2, 0) is 10.0 Å². The molecule has 0 atom stereocenters. The molecule has 4 rings (SSSR count). The molecular formula is C25H24N2O2S. The van der Waals surface area contributed by atoms with Crippen molar-refractivity contribution >= 4 is 32.7 Å². The SMILES string of the molecule is Cc1ccc(S(=O)(=O)N(C)/C(=C/c2ccccc2)c2[nH]c3ccccc3c2C)cc1. The summed E-state index contributed by atoms with van der Waals surface area (Å²) in [5.41, 5.74) is 5.32. The summed E-state index contributed by atoms with van der Waals surface area (Å²) in [6, 6.07) is 24.7. The predicted octanol–water partition coefficient (Wildman–Crippen LogP) is 5.60. The summed E-state index contributed by atoms with van der Waals surface area (Å²) in [6.45, 7) is 3.95. The van der Waals surface area contributed by atoms with Crippen LogP contribution in [0.5, 0.6) is 0 Å². The van der Waals surface area contributed by atoms with Crippen molar-refractivity contribution in [1.82, 2.24) is 9.29 Å². The molecular weight excluding hydrogens is 392 g/mol. The lowest BCUT2D eigenvalue weighted by molar-refractivity contribution is 0.546. The Morgan fingerprint density at radius 3 is 2.17 bits per heavy atom. The first kappa shape index (κ1) is 20.0. The van der Waals surface area contributed by atoms with Crippen LogP contribution in [0.2, 0.25) is 0 Å². The number of nitrogens with zero attached hydrogens (tertiary/aromatic N) is 1. The van der Waals surface area contributed by atoms with Gasteiger partial charge in [-0.15, -0.1) is 0 Å². The quantitative estimate of drug-likeness (QED) is 0.460. The zero-order valence-electron chi connectivity index (χ0n) is 17.3. The molecule has 0 aliphatic carbocycles. The zero-order chi connectivity index (χ0) is 21.3. The first-order valence-electron chi connectivity index (χ1n) is 9.78. The molecule has 0 fully saturated rings. The summed E-state index contributed by atoms with van der Waals surface area (Å²) in [4.78, 5) is 3.69. The summed E-state index contributed by atoms with van der Waals surface area (Å²) >= 11 is 0. The average molecular weight is 417 g/mol. The van der Waals surface area contributed by atoms with Gasteiger partial charge in [0, 0.05) is 18.0 Å². The normalized spacial score (nSPS) is 12.3. The van der Waals surface area contributed by atoms with Crippen molar-refractivity contribution in [2.75, 3.05) is 7.05 Å². The fourth-order valence-corrected chi connectivity index (χ4v) is 4.76. The number of hydrogen-bond acceptors (Lipinski definition) is 2. The smallest absolute Gasteiger partial charge is 0.264 e. The molecule has 1 aromatic heterocycles. The molecule has 0 unspecified atom stereocenters. The first-order valence-corrected chi connectivity index (χ1v) is 11.2. The van der Waals surface area contributed by atoms with Gasteiger partial charge in [-0.05, 0) is 49.2 Å². The fraction of sp³-hybridized carbons (Fsp3) is 0.120. The third kappa shape index (κ3) is 3.64. The standard InChI is InChI=1S/C25H24N2O2S/c1-18-13-15-21(16-14-18)30(28,29)27(3)24(17-20-9-5-4-6-10-20)25-19(2)22-11-7-8-12-23(22)26-25/h4-17,26H,1-3H3/b24-17+. The lowest BCUT2D eigenvalue weighted by Crippen LogP contribution is -2.26. The maximum atomic E-state index is 13.4. The maximum absolute atomic E-state index is 13.4. The van der Waals surface area contributed by atoms with Crippen LogP contribution < -0.4 is 0 Å². The summed E-state index contributed by atoms with van der Waals surface area (Å²) < 4.78 is 28.3. The van der Waals surface area contributed by atoms with Gasteiger partial charge in [-0.2, -0.15) is 0 Å². The van der Waals surface area contributed by atoms with Crippen molar-refractivity contribution in [1.29, 1.82) is 0 Å². The molecule has 4 nitrogen and oxygen atoms in total. The van der Waals surface area contributed by atoms with Crippen LogP contribution in [0.1, 0.15) is 22.4 Å². The van der Waals surface area contributed by atoms with Gasteiger partial charge in [-0.1, -0.05) is 66.2 Å². The first-order chi connectivity index (χ1) is 14.4. The van der Waals surface area contributed by atoms with Crippen LogP contribution in [0.3, 0.4) is 0 Å². The number of hydrogen-bond donors (Lipinski definition) is 1. The Morgan fingerprint density at radius 2 is 1.50 bits per heavy atom. The van der Waals surface area contributed by atoms with Crippen molar-refractivity contribution in [2.24, 2.45) is 0 Å². The molecule has 1 heterocycles. The number of sulfonamides is 1. The highest BCUT2D eigenvalue weighted by molar-refractivity contribution is 7.89. The number of rotatable bonds is 5. The van der Waals surface area contributed by atoms with E-state index in [1.54, 1.807) is 19.2 Å². The minimum absolute atomic E-state index is 0.267. The Balaban J connectivity index is 1.90. The fourth-order valence-electron chi connectivity index (χ4n) is 3.56. The minimum Gasteiger partial charge on any atom is -0.353 e. The second-order valence-electron chi connectivity index (χ2n) is 7.40. The van der Waals surface area contributed by atoms with E-state index in [9.17, 15) is 8.42 Å². The van der Waals surface area contributed by atoms with Crippen molar-refractivity contribution in [2.45, 2.75) is 18.7 Å². The van der Waals surface area contributed by atoms with Crippen LogP contribution in [0.25, 0.3) is 22.7 Å². The van der Waals surface area contributed by atoms with Gasteiger partial charge >= 0.3 is 0 Å². The van der Waals surface area contributed by atoms with E-state index in [-0.39, 0.29) is 4.90 Å². The van der Waals surface area contributed by atoms with E-state index >= 15 is 0 Å². The molecule has 3 aromatic carbocycles. The summed E-state index contributed by atoms with van der Waals surface area (Å²) in [6.07, 6.45) is 1.91. The van der Waals surface area contributed by atoms with Crippen LogP contribution in [0.15, 0.2) is 83.8 Å². The number of aromatic amines is 1. The van der Waals surface area contributed by atoms with E-state index in [2.05, 4.69) is 4.98 Å². The highest BCUT2D eigenvalue weighted by Crippen LogP contribution is 2.32. The monoisotopic (exact) mass is 416 g/mol. The second kappa shape index (κ2) is 7.84. The molecule has 0 spiro atoms. The zero-order valence-corrected chi connectivity index (χ0v) is 18.1. The summed E-state index contributed by atoms with van der Waals surface area (Å²) in [5.74, 6) is 0. The Labute approximate surface area is 177 Å². The van der Waals surface area contributed by atoms with Crippen molar-refractivity contribution < 1.29 is 8.42 Å². The van der Waals surface area contributed by atoms with Gasteiger partial charge in [0.15, 0.2) is 0 Å². The highest BCUT2D eigenvalue weighted by Gasteiger charge is 2.26. The minimum atomic E-state index is -3.73. The van der Waals surface area contributed by atoms with E-state index in [1.165, 1.54) is 4.31 Å². The lowest BCUT2D eigenvalue weighted by atomic mass is 10.1. The van der Waals surface area contributed by atoms with Gasteiger partial charge in [0.2, 0.25) is 0 Å². The Bertz CT molecular complexity index is 1320. The third-order valence-corrected chi connectivity index (χ3v) is 7.13. The number of aromatic nitrogens is 1. The second-order valence-corrected chi connectivity index (χ2v) is 9.37. The average Bonchev–Trinajstić information content (AvgIpc) is 3.09. The van der Waals surface area contributed by atoms with Crippen LogP contribution in [0.4, 0.5) is 0 Å². The summed E-state index contributed by atoms with van der Waals surface area (Å²) in [7, 11) is -2.13. The molecule has 0 aliphatic rings.